The first-order valence-corrected chi connectivity index (χ1v) is 8.24. The summed E-state index contributed by atoms with van der Waals surface area (Å²) in [6, 6.07) is 6.55. The minimum absolute atomic E-state index is 0.148. The fourth-order valence-electron chi connectivity index (χ4n) is 1.56. The number of ether oxygens (including phenoxy) is 1. The highest BCUT2D eigenvalue weighted by Gasteiger charge is 2.34. The summed E-state index contributed by atoms with van der Waals surface area (Å²) in [4.78, 5) is 11.4. The van der Waals surface area contributed by atoms with Gasteiger partial charge in [-0.1, -0.05) is 18.2 Å². The van der Waals surface area contributed by atoms with Gasteiger partial charge >= 0.3 is 5.97 Å². The van der Waals surface area contributed by atoms with E-state index in [4.69, 9.17) is 4.74 Å². The molecular formula is C11H9Br2NO4S. The Balaban J connectivity index is 2.30. The van der Waals surface area contributed by atoms with Crippen molar-refractivity contribution in [2.45, 2.75) is 18.0 Å². The number of rotatable bonds is 3. The van der Waals surface area contributed by atoms with Crippen molar-refractivity contribution in [3.05, 3.63) is 38.8 Å². The molecule has 0 saturated carbocycles. The minimum atomic E-state index is -3.77. The molecule has 0 fully saturated rings. The molecule has 1 heterocycles. The van der Waals surface area contributed by atoms with E-state index >= 15 is 0 Å². The third-order valence-electron chi connectivity index (χ3n) is 2.49. The number of carbonyl (C=O) groups is 1. The molecule has 8 heteroatoms. The van der Waals surface area contributed by atoms with Crippen molar-refractivity contribution in [1.29, 1.82) is 0 Å². The molecule has 1 aliphatic rings. The second-order valence-corrected chi connectivity index (χ2v) is 7.16. The monoisotopic (exact) mass is 409 g/mol. The van der Waals surface area contributed by atoms with Gasteiger partial charge in [-0.25, -0.2) is 13.2 Å². The average molecular weight is 411 g/mol. The van der Waals surface area contributed by atoms with Gasteiger partial charge in [0, 0.05) is 0 Å². The summed E-state index contributed by atoms with van der Waals surface area (Å²) in [6.45, 7) is 1.69. The summed E-state index contributed by atoms with van der Waals surface area (Å²) in [5.74, 6) is -0.621. The fourth-order valence-corrected chi connectivity index (χ4v) is 3.71. The lowest BCUT2D eigenvalue weighted by molar-refractivity contribution is -0.139. The highest BCUT2D eigenvalue weighted by atomic mass is 79.9. The number of halogens is 2. The predicted molar refractivity (Wildman–Crippen MR) is 76.3 cm³/mol. The van der Waals surface area contributed by atoms with E-state index in [9.17, 15) is 13.2 Å². The van der Waals surface area contributed by atoms with E-state index in [1.807, 2.05) is 0 Å². The normalized spacial score (nSPS) is 19.7. The lowest BCUT2D eigenvalue weighted by Crippen LogP contribution is -2.35. The van der Waals surface area contributed by atoms with E-state index in [1.54, 1.807) is 25.1 Å². The third kappa shape index (κ3) is 2.91. The van der Waals surface area contributed by atoms with Crippen LogP contribution in [0.2, 0.25) is 0 Å². The van der Waals surface area contributed by atoms with E-state index in [1.165, 1.54) is 6.07 Å². The van der Waals surface area contributed by atoms with Crippen LogP contribution >= 0.6 is 31.9 Å². The zero-order valence-electron chi connectivity index (χ0n) is 9.68. The van der Waals surface area contributed by atoms with Crippen LogP contribution in [-0.4, -0.2) is 20.6 Å². The Labute approximate surface area is 127 Å². The van der Waals surface area contributed by atoms with Gasteiger partial charge in [-0.05, 0) is 50.4 Å². The molecule has 19 heavy (non-hydrogen) atoms. The van der Waals surface area contributed by atoms with Crippen LogP contribution < -0.4 is 4.72 Å². The van der Waals surface area contributed by atoms with Crippen LogP contribution in [0, 0.1) is 6.92 Å². The predicted octanol–water partition coefficient (Wildman–Crippen LogP) is 2.16. The molecule has 0 aliphatic carbocycles. The number of esters is 1. The Morgan fingerprint density at radius 2 is 1.89 bits per heavy atom. The minimum Gasteiger partial charge on any atom is -0.437 e. The maximum atomic E-state index is 12.2. The standard InChI is InChI=1S/C11H9Br2NO4S/c1-6-4-2-3-5-7(6)19(16,17)14-10-8(12)9(13)11(15)18-10/h2-5,10,14H,1H3/t10-/m1/s1. The zero-order valence-corrected chi connectivity index (χ0v) is 13.7. The fraction of sp³-hybridized carbons (Fsp3) is 0.182. The summed E-state index contributed by atoms with van der Waals surface area (Å²) < 4.78 is 32.1. The van der Waals surface area contributed by atoms with Crippen molar-refractivity contribution in [3.63, 3.8) is 0 Å². The van der Waals surface area contributed by atoms with Gasteiger partial charge in [-0.15, -0.1) is 0 Å². The average Bonchev–Trinajstić information content (AvgIpc) is 2.57. The second-order valence-electron chi connectivity index (χ2n) is 3.83. The molecule has 102 valence electrons. The lowest BCUT2D eigenvalue weighted by Gasteiger charge is -2.14. The van der Waals surface area contributed by atoms with Crippen molar-refractivity contribution < 1.29 is 17.9 Å². The number of hydrogen-bond acceptors (Lipinski definition) is 4. The molecule has 0 aromatic heterocycles. The summed E-state index contributed by atoms with van der Waals surface area (Å²) in [6.07, 6.45) is -1.05. The molecular weight excluding hydrogens is 402 g/mol. The third-order valence-corrected chi connectivity index (χ3v) is 6.15. The first-order chi connectivity index (χ1) is 8.83. The van der Waals surface area contributed by atoms with Crippen LogP contribution in [-0.2, 0) is 19.6 Å². The van der Waals surface area contributed by atoms with Crippen molar-refractivity contribution in [2.75, 3.05) is 0 Å². The molecule has 1 aliphatic heterocycles. The molecule has 0 bridgehead atoms. The highest BCUT2D eigenvalue weighted by Crippen LogP contribution is 2.31. The van der Waals surface area contributed by atoms with Crippen molar-refractivity contribution >= 4 is 47.9 Å². The molecule has 1 aromatic rings. The van der Waals surface area contributed by atoms with E-state index in [0.29, 0.717) is 10.0 Å². The van der Waals surface area contributed by atoms with Crippen LogP contribution in [0.1, 0.15) is 5.56 Å². The summed E-state index contributed by atoms with van der Waals surface area (Å²) in [7, 11) is -3.77. The van der Waals surface area contributed by atoms with Gasteiger partial charge in [0.2, 0.25) is 16.3 Å². The summed E-state index contributed by atoms with van der Waals surface area (Å²) >= 11 is 6.13. The van der Waals surface area contributed by atoms with Crippen LogP contribution in [0.5, 0.6) is 0 Å². The van der Waals surface area contributed by atoms with Crippen LogP contribution in [0.4, 0.5) is 0 Å². The van der Waals surface area contributed by atoms with Gasteiger partial charge in [-0.3, -0.25) is 0 Å². The van der Waals surface area contributed by atoms with Crippen molar-refractivity contribution in [2.24, 2.45) is 0 Å². The summed E-state index contributed by atoms with van der Waals surface area (Å²) in [5.41, 5.74) is 0.610. The lowest BCUT2D eigenvalue weighted by atomic mass is 10.2. The Morgan fingerprint density at radius 3 is 2.42 bits per heavy atom. The van der Waals surface area contributed by atoms with Crippen LogP contribution in [0.15, 0.2) is 38.1 Å². The van der Waals surface area contributed by atoms with Gasteiger partial charge in [0.05, 0.1) is 9.38 Å². The number of benzene rings is 1. The SMILES string of the molecule is Cc1ccccc1S(=O)(=O)N[C@@H]1OC(=O)C(Br)=C1Br. The molecule has 0 saturated heterocycles. The Bertz CT molecular complexity index is 669. The van der Waals surface area contributed by atoms with Gasteiger partial charge < -0.3 is 4.74 Å². The van der Waals surface area contributed by atoms with Gasteiger partial charge in [0.15, 0.2) is 0 Å². The number of cyclic esters (lactones) is 1. The number of aryl methyl sites for hydroxylation is 1. The molecule has 5 nitrogen and oxygen atoms in total. The first kappa shape index (κ1) is 14.7. The van der Waals surface area contributed by atoms with Crippen LogP contribution in [0.3, 0.4) is 0 Å². The van der Waals surface area contributed by atoms with E-state index in [0.717, 1.165) is 0 Å². The Morgan fingerprint density at radius 1 is 1.26 bits per heavy atom. The smallest absolute Gasteiger partial charge is 0.348 e. The number of nitrogens with one attached hydrogen (secondary N) is 1. The number of hydrogen-bond donors (Lipinski definition) is 1. The van der Waals surface area contributed by atoms with E-state index in [-0.39, 0.29) is 9.38 Å². The molecule has 0 spiro atoms. The second kappa shape index (κ2) is 5.35. The first-order valence-electron chi connectivity index (χ1n) is 5.17. The largest absolute Gasteiger partial charge is 0.437 e. The number of carbonyl (C=O) groups excluding carboxylic acids is 1. The number of sulfonamides is 1. The molecule has 1 aromatic carbocycles. The molecule has 1 N–H and O–H groups in total. The van der Waals surface area contributed by atoms with Crippen molar-refractivity contribution in [1.82, 2.24) is 4.72 Å². The summed E-state index contributed by atoms with van der Waals surface area (Å²) in [5, 5.41) is 0. The molecule has 0 unspecified atom stereocenters. The molecule has 0 radical (unpaired) electrons. The maximum absolute atomic E-state index is 12.2. The Kier molecular flexibility index (Phi) is 4.14. The van der Waals surface area contributed by atoms with Crippen LogP contribution in [0.25, 0.3) is 0 Å². The maximum Gasteiger partial charge on any atom is 0.348 e. The molecule has 1 atom stereocenters. The van der Waals surface area contributed by atoms with Gasteiger partial charge in [0.1, 0.15) is 4.48 Å². The van der Waals surface area contributed by atoms with Gasteiger partial charge in [0.25, 0.3) is 0 Å². The molecule has 0 amide bonds. The zero-order chi connectivity index (χ0) is 14.2. The Hall–Kier alpha value is -0.700. The highest BCUT2D eigenvalue weighted by molar-refractivity contribution is 9.14. The quantitative estimate of drug-likeness (QED) is 0.775. The van der Waals surface area contributed by atoms with E-state index in [2.05, 4.69) is 36.6 Å². The van der Waals surface area contributed by atoms with Gasteiger partial charge in [-0.2, -0.15) is 4.72 Å². The van der Waals surface area contributed by atoms with E-state index < -0.39 is 22.2 Å². The van der Waals surface area contributed by atoms with Crippen molar-refractivity contribution in [3.8, 4) is 0 Å². The molecule has 2 rings (SSSR count). The topological polar surface area (TPSA) is 72.5 Å².